The molecule has 2 N–H and O–H groups in total. The summed E-state index contributed by atoms with van der Waals surface area (Å²) in [6.45, 7) is 2.00. The molecule has 144 valence electrons. The lowest BCUT2D eigenvalue weighted by Gasteiger charge is -2.10. The average Bonchev–Trinajstić information content (AvgIpc) is 3.05. The lowest BCUT2D eigenvalue weighted by molar-refractivity contribution is -0.133. The van der Waals surface area contributed by atoms with Gasteiger partial charge in [0.25, 0.3) is 5.56 Å². The number of aromatic amines is 1. The summed E-state index contributed by atoms with van der Waals surface area (Å²) in [5.41, 5.74) is 3.06. The average molecular weight is 413 g/mol. The number of aliphatic carboxylic acids is 1. The van der Waals surface area contributed by atoms with Crippen LogP contribution in [0.4, 0.5) is 0 Å². The van der Waals surface area contributed by atoms with Gasteiger partial charge in [0.15, 0.2) is 0 Å². The topological polar surface area (TPSA) is 83.0 Å². The molecular formula is C21H20N2O3S2. The number of aromatic nitrogens is 2. The maximum Gasteiger partial charge on any atom is 0.313 e. The van der Waals surface area contributed by atoms with E-state index in [1.54, 1.807) is 11.3 Å². The normalized spacial score (nSPS) is 14.2. The van der Waals surface area contributed by atoms with Crippen LogP contribution in [0.25, 0.3) is 21.2 Å². The van der Waals surface area contributed by atoms with Gasteiger partial charge in [0, 0.05) is 4.88 Å². The first kappa shape index (κ1) is 19.0. The Kier molecular flexibility index (Phi) is 5.37. The molecule has 0 bridgehead atoms. The number of hydrogen-bond donors (Lipinski definition) is 2. The van der Waals surface area contributed by atoms with Crippen molar-refractivity contribution in [3.63, 3.8) is 0 Å². The number of H-pyrrole nitrogens is 1. The Hall–Kier alpha value is -2.38. The number of thioether (sulfide) groups is 1. The number of carboxylic acids is 1. The number of nitrogens with one attached hydrogen (secondary N) is 1. The van der Waals surface area contributed by atoms with Gasteiger partial charge in [-0.1, -0.05) is 24.3 Å². The molecule has 28 heavy (non-hydrogen) atoms. The lowest BCUT2D eigenvalue weighted by atomic mass is 9.97. The van der Waals surface area contributed by atoms with Gasteiger partial charge in [-0.05, 0) is 55.4 Å². The fraction of sp³-hybridized carbons (Fsp3) is 0.286. The van der Waals surface area contributed by atoms with Gasteiger partial charge in [-0.15, -0.1) is 23.1 Å². The van der Waals surface area contributed by atoms with Gasteiger partial charge in [0.05, 0.1) is 16.0 Å². The molecule has 0 fully saturated rings. The van der Waals surface area contributed by atoms with Crippen LogP contribution in [0, 0.1) is 6.92 Å². The molecule has 0 spiro atoms. The minimum Gasteiger partial charge on any atom is -0.481 e. The van der Waals surface area contributed by atoms with E-state index in [1.807, 2.05) is 37.3 Å². The molecule has 3 aromatic rings. The van der Waals surface area contributed by atoms with Gasteiger partial charge in [-0.2, -0.15) is 0 Å². The molecule has 0 aliphatic heterocycles. The number of rotatable bonds is 5. The molecule has 2 aromatic heterocycles. The Morgan fingerprint density at radius 2 is 2.11 bits per heavy atom. The number of carboxylic acid groups (broad SMARTS) is 1. The van der Waals surface area contributed by atoms with E-state index in [0.29, 0.717) is 16.1 Å². The molecular weight excluding hydrogens is 392 g/mol. The molecule has 0 radical (unpaired) electrons. The second-order valence-corrected chi connectivity index (χ2v) is 8.95. The number of thiophene rings is 1. The molecule has 4 rings (SSSR count). The quantitative estimate of drug-likeness (QED) is 0.645. The van der Waals surface area contributed by atoms with Crippen molar-refractivity contribution in [2.75, 3.05) is 5.75 Å². The molecule has 1 aromatic carbocycles. The molecule has 2 heterocycles. The van der Waals surface area contributed by atoms with Crippen molar-refractivity contribution in [2.24, 2.45) is 0 Å². The van der Waals surface area contributed by atoms with Crippen molar-refractivity contribution in [3.05, 3.63) is 62.0 Å². The van der Waals surface area contributed by atoms with Crippen molar-refractivity contribution < 1.29 is 9.90 Å². The van der Waals surface area contributed by atoms with E-state index in [4.69, 9.17) is 10.1 Å². The highest BCUT2D eigenvalue weighted by molar-refractivity contribution is 8.09. The summed E-state index contributed by atoms with van der Waals surface area (Å²) in [7, 11) is 0. The third-order valence-electron chi connectivity index (χ3n) is 4.88. The molecule has 0 unspecified atom stereocenters. The fourth-order valence-electron chi connectivity index (χ4n) is 3.49. The number of benzene rings is 1. The lowest BCUT2D eigenvalue weighted by Crippen LogP contribution is -2.12. The highest BCUT2D eigenvalue weighted by Gasteiger charge is 2.21. The molecule has 1 aliphatic carbocycles. The van der Waals surface area contributed by atoms with Crippen LogP contribution in [0.3, 0.4) is 0 Å². The van der Waals surface area contributed by atoms with E-state index in [0.717, 1.165) is 47.2 Å². The van der Waals surface area contributed by atoms with E-state index < -0.39 is 5.97 Å². The zero-order chi connectivity index (χ0) is 19.7. The molecule has 0 saturated carbocycles. The van der Waals surface area contributed by atoms with Crippen LogP contribution in [0.5, 0.6) is 0 Å². The maximum atomic E-state index is 12.9. The highest BCUT2D eigenvalue weighted by Crippen LogP contribution is 2.35. The maximum absolute atomic E-state index is 12.9. The number of nitrogens with zero attached hydrogens (tertiary/aromatic N) is 1. The summed E-state index contributed by atoms with van der Waals surface area (Å²) >= 11 is 2.77. The predicted molar refractivity (Wildman–Crippen MR) is 116 cm³/mol. The summed E-state index contributed by atoms with van der Waals surface area (Å²) in [5.74, 6) is -0.568. The van der Waals surface area contributed by atoms with Crippen LogP contribution < -0.4 is 5.56 Å². The summed E-state index contributed by atoms with van der Waals surface area (Å²) in [6, 6.07) is 7.86. The first-order valence-corrected chi connectivity index (χ1v) is 11.0. The Labute approximate surface area is 170 Å². The van der Waals surface area contributed by atoms with Crippen molar-refractivity contribution in [2.45, 2.75) is 32.6 Å². The zero-order valence-electron chi connectivity index (χ0n) is 15.4. The van der Waals surface area contributed by atoms with Gasteiger partial charge < -0.3 is 10.1 Å². The van der Waals surface area contributed by atoms with Crippen molar-refractivity contribution in [3.8, 4) is 0 Å². The summed E-state index contributed by atoms with van der Waals surface area (Å²) < 4.78 is 0. The van der Waals surface area contributed by atoms with Crippen LogP contribution in [0.15, 0.2) is 29.1 Å². The first-order valence-electron chi connectivity index (χ1n) is 9.20. The van der Waals surface area contributed by atoms with E-state index in [9.17, 15) is 9.59 Å². The smallest absolute Gasteiger partial charge is 0.313 e. The van der Waals surface area contributed by atoms with Crippen LogP contribution in [0.2, 0.25) is 0 Å². The molecule has 5 nitrogen and oxygen atoms in total. The van der Waals surface area contributed by atoms with E-state index in [1.165, 1.54) is 16.6 Å². The van der Waals surface area contributed by atoms with Crippen molar-refractivity contribution in [1.29, 1.82) is 0 Å². The zero-order valence-corrected chi connectivity index (χ0v) is 17.1. The van der Waals surface area contributed by atoms with Crippen LogP contribution in [-0.4, -0.2) is 26.8 Å². The Morgan fingerprint density at radius 1 is 1.32 bits per heavy atom. The second-order valence-electron chi connectivity index (χ2n) is 6.85. The molecule has 0 atom stereocenters. The van der Waals surface area contributed by atoms with Crippen molar-refractivity contribution in [1.82, 2.24) is 9.97 Å². The van der Waals surface area contributed by atoms with Crippen LogP contribution in [-0.2, 0) is 17.6 Å². The molecule has 0 amide bonds. The number of hydrogen-bond acceptors (Lipinski definition) is 5. The number of carbonyl (C=O) groups is 1. The van der Waals surface area contributed by atoms with Crippen LogP contribution in [0.1, 0.15) is 40.2 Å². The summed E-state index contributed by atoms with van der Waals surface area (Å²) in [5, 5.41) is 9.84. The monoisotopic (exact) mass is 412 g/mol. The summed E-state index contributed by atoms with van der Waals surface area (Å²) in [4.78, 5) is 34.3. The SMILES string of the molecule is Cc1ccccc1/C=C(\SCC(=O)O)c1nc2sc3c(c2c(=O)[nH]1)CCCC3. The van der Waals surface area contributed by atoms with Crippen LogP contribution >= 0.6 is 23.1 Å². The van der Waals surface area contributed by atoms with Gasteiger partial charge in [-0.3, -0.25) is 9.59 Å². The first-order chi connectivity index (χ1) is 13.5. The van der Waals surface area contributed by atoms with Gasteiger partial charge in [-0.25, -0.2) is 4.98 Å². The number of aryl methyl sites for hydroxylation is 3. The second kappa shape index (κ2) is 7.93. The molecule has 7 heteroatoms. The van der Waals surface area contributed by atoms with Crippen molar-refractivity contribution >= 4 is 50.3 Å². The van der Waals surface area contributed by atoms with E-state index in [2.05, 4.69) is 4.98 Å². The number of fused-ring (bicyclic) bond motifs is 3. The standard InChI is InChI=1S/C21H20N2O3S2/c1-12-6-2-3-7-13(12)10-16(27-11-17(24)25)19-22-20(26)18-14-8-4-5-9-15(14)28-21(18)23-19/h2-3,6-7,10H,4-5,8-9,11H2,1H3,(H,24,25)(H,22,23,26)/b16-10-. The van der Waals surface area contributed by atoms with Gasteiger partial charge >= 0.3 is 5.97 Å². The Bertz CT molecular complexity index is 1140. The molecule has 1 aliphatic rings. The van der Waals surface area contributed by atoms with Gasteiger partial charge in [0.2, 0.25) is 0 Å². The minimum absolute atomic E-state index is 0.0968. The Balaban J connectivity index is 1.84. The molecule has 0 saturated heterocycles. The third-order valence-corrected chi connectivity index (χ3v) is 7.08. The predicted octanol–water partition coefficient (Wildman–Crippen LogP) is 4.49. The Morgan fingerprint density at radius 3 is 2.89 bits per heavy atom. The summed E-state index contributed by atoms with van der Waals surface area (Å²) in [6.07, 6.45) is 6.09. The third kappa shape index (κ3) is 3.77. The largest absolute Gasteiger partial charge is 0.481 e. The fourth-order valence-corrected chi connectivity index (χ4v) is 5.47. The van der Waals surface area contributed by atoms with Gasteiger partial charge in [0.1, 0.15) is 10.7 Å². The van der Waals surface area contributed by atoms with E-state index in [-0.39, 0.29) is 11.3 Å². The van der Waals surface area contributed by atoms with E-state index >= 15 is 0 Å². The highest BCUT2D eigenvalue weighted by atomic mass is 32.2. The minimum atomic E-state index is -0.907.